The molecule has 5 heteroatoms. The fraction of sp³-hybridized carbons (Fsp3) is 0.333. The van der Waals surface area contributed by atoms with Gasteiger partial charge >= 0.3 is 12.1 Å². The fourth-order valence-electron chi connectivity index (χ4n) is 4.10. The zero-order valence-corrected chi connectivity index (χ0v) is 14.4. The monoisotopic (exact) mass is 351 g/mol. The molecular weight excluding hydrogens is 330 g/mol. The Morgan fingerprint density at radius 3 is 2.27 bits per heavy atom. The molecule has 5 nitrogen and oxygen atoms in total. The Bertz CT molecular complexity index is 802. The summed E-state index contributed by atoms with van der Waals surface area (Å²) in [6.07, 6.45) is 0.476. The lowest BCUT2D eigenvalue weighted by Gasteiger charge is -2.19. The second-order valence-electron chi connectivity index (χ2n) is 7.00. The van der Waals surface area contributed by atoms with Crippen molar-refractivity contribution in [2.45, 2.75) is 18.8 Å². The highest BCUT2D eigenvalue weighted by molar-refractivity contribution is 5.79. The van der Waals surface area contributed by atoms with E-state index in [-0.39, 0.29) is 24.3 Å². The van der Waals surface area contributed by atoms with Gasteiger partial charge in [-0.1, -0.05) is 48.5 Å². The van der Waals surface area contributed by atoms with Crippen molar-refractivity contribution in [1.29, 1.82) is 0 Å². The number of likely N-dealkylation sites (tertiary alicyclic amines) is 1. The predicted octanol–water partition coefficient (Wildman–Crippen LogP) is 3.73. The largest absolute Gasteiger partial charge is 0.481 e. The SMILES string of the molecule is O=C(O)C[C@H]1CCN(C(=O)OCC2c3ccccc3-c3ccccc32)C1. The number of nitrogens with zero attached hydrogens (tertiary/aromatic N) is 1. The molecule has 2 aliphatic rings. The lowest BCUT2D eigenvalue weighted by atomic mass is 9.98. The number of rotatable bonds is 4. The van der Waals surface area contributed by atoms with Gasteiger partial charge in [-0.25, -0.2) is 4.79 Å². The Morgan fingerprint density at radius 2 is 1.65 bits per heavy atom. The minimum Gasteiger partial charge on any atom is -0.481 e. The van der Waals surface area contributed by atoms with Gasteiger partial charge in [0.15, 0.2) is 0 Å². The van der Waals surface area contributed by atoms with Crippen LogP contribution in [0.3, 0.4) is 0 Å². The van der Waals surface area contributed by atoms with Gasteiger partial charge in [-0.15, -0.1) is 0 Å². The number of carboxylic acid groups (broad SMARTS) is 1. The fourth-order valence-corrected chi connectivity index (χ4v) is 4.10. The molecule has 0 saturated carbocycles. The van der Waals surface area contributed by atoms with Crippen LogP contribution in [0.15, 0.2) is 48.5 Å². The molecule has 134 valence electrons. The molecule has 1 fully saturated rings. The van der Waals surface area contributed by atoms with Crippen LogP contribution in [0.1, 0.15) is 29.9 Å². The van der Waals surface area contributed by atoms with E-state index < -0.39 is 5.97 Å². The summed E-state index contributed by atoms with van der Waals surface area (Å²) in [5.74, 6) is -0.749. The van der Waals surface area contributed by atoms with Gasteiger partial charge < -0.3 is 14.7 Å². The molecule has 0 spiro atoms. The standard InChI is InChI=1S/C21H21NO4/c23-20(24)11-14-9-10-22(12-14)21(25)26-13-19-17-7-3-1-5-15(17)16-6-2-4-8-18(16)19/h1-8,14,19H,9-13H2,(H,23,24)/t14-/m1/s1. The quantitative estimate of drug-likeness (QED) is 0.911. The molecule has 0 aromatic heterocycles. The first-order valence-corrected chi connectivity index (χ1v) is 8.95. The number of carbonyl (C=O) groups is 2. The normalized spacial score (nSPS) is 18.5. The van der Waals surface area contributed by atoms with Gasteiger partial charge in [-0.3, -0.25) is 4.79 Å². The number of aliphatic carboxylic acids is 1. The van der Waals surface area contributed by atoms with E-state index >= 15 is 0 Å². The van der Waals surface area contributed by atoms with Crippen molar-refractivity contribution in [1.82, 2.24) is 4.90 Å². The molecule has 1 saturated heterocycles. The lowest BCUT2D eigenvalue weighted by Crippen LogP contribution is -2.30. The molecule has 2 aromatic carbocycles. The Kier molecular flexibility index (Phi) is 4.37. The van der Waals surface area contributed by atoms with Crippen LogP contribution in [-0.2, 0) is 9.53 Å². The summed E-state index contributed by atoms with van der Waals surface area (Å²) < 4.78 is 5.62. The van der Waals surface area contributed by atoms with Crippen molar-refractivity contribution in [3.05, 3.63) is 59.7 Å². The molecule has 1 N–H and O–H groups in total. The van der Waals surface area contributed by atoms with Gasteiger partial charge in [0.25, 0.3) is 0 Å². The van der Waals surface area contributed by atoms with Gasteiger partial charge in [-0.05, 0) is 34.6 Å². The van der Waals surface area contributed by atoms with E-state index in [2.05, 4.69) is 24.3 Å². The van der Waals surface area contributed by atoms with Crippen molar-refractivity contribution in [3.63, 3.8) is 0 Å². The van der Waals surface area contributed by atoms with Crippen LogP contribution in [0.5, 0.6) is 0 Å². The number of ether oxygens (including phenoxy) is 1. The van der Waals surface area contributed by atoms with E-state index in [1.165, 1.54) is 22.3 Å². The van der Waals surface area contributed by atoms with Gasteiger partial charge in [-0.2, -0.15) is 0 Å². The third-order valence-corrected chi connectivity index (χ3v) is 5.34. The van der Waals surface area contributed by atoms with E-state index in [0.717, 1.165) is 6.42 Å². The van der Waals surface area contributed by atoms with Crippen molar-refractivity contribution < 1.29 is 19.4 Å². The Hall–Kier alpha value is -2.82. The molecule has 2 aromatic rings. The molecule has 26 heavy (non-hydrogen) atoms. The summed E-state index contributed by atoms with van der Waals surface area (Å²) in [6.45, 7) is 1.32. The van der Waals surface area contributed by atoms with Crippen molar-refractivity contribution in [2.24, 2.45) is 5.92 Å². The summed E-state index contributed by atoms with van der Waals surface area (Å²) >= 11 is 0. The lowest BCUT2D eigenvalue weighted by molar-refractivity contribution is -0.138. The van der Waals surface area contributed by atoms with E-state index in [1.807, 2.05) is 24.3 Å². The maximum Gasteiger partial charge on any atom is 0.409 e. The number of benzene rings is 2. The summed E-state index contributed by atoms with van der Waals surface area (Å²) in [4.78, 5) is 24.9. The van der Waals surface area contributed by atoms with Crippen LogP contribution in [0.25, 0.3) is 11.1 Å². The Balaban J connectivity index is 1.44. The predicted molar refractivity (Wildman–Crippen MR) is 97.0 cm³/mol. The smallest absolute Gasteiger partial charge is 0.409 e. The molecular formula is C21H21NO4. The van der Waals surface area contributed by atoms with Crippen molar-refractivity contribution >= 4 is 12.1 Å². The van der Waals surface area contributed by atoms with E-state index in [9.17, 15) is 9.59 Å². The number of hydrogen-bond acceptors (Lipinski definition) is 3. The highest BCUT2D eigenvalue weighted by Crippen LogP contribution is 2.44. The average molecular weight is 351 g/mol. The number of carboxylic acids is 1. The van der Waals surface area contributed by atoms with Crippen LogP contribution in [-0.4, -0.2) is 41.8 Å². The first-order valence-electron chi connectivity index (χ1n) is 8.95. The zero-order valence-electron chi connectivity index (χ0n) is 14.4. The zero-order chi connectivity index (χ0) is 18.1. The summed E-state index contributed by atoms with van der Waals surface area (Å²) in [5.41, 5.74) is 4.78. The number of carbonyl (C=O) groups excluding carboxylic acids is 1. The molecule has 1 aliphatic heterocycles. The molecule has 1 atom stereocenters. The van der Waals surface area contributed by atoms with Crippen LogP contribution in [0.4, 0.5) is 4.79 Å². The van der Waals surface area contributed by atoms with Crippen molar-refractivity contribution in [2.75, 3.05) is 19.7 Å². The van der Waals surface area contributed by atoms with Gasteiger partial charge in [0, 0.05) is 25.4 Å². The summed E-state index contributed by atoms with van der Waals surface area (Å²) in [7, 11) is 0. The van der Waals surface area contributed by atoms with Gasteiger partial charge in [0.05, 0.1) is 0 Å². The van der Waals surface area contributed by atoms with Crippen LogP contribution >= 0.6 is 0 Å². The minimum absolute atomic E-state index is 0.0213. The molecule has 1 heterocycles. The Labute approximate surface area is 152 Å². The van der Waals surface area contributed by atoms with E-state index in [1.54, 1.807) is 4.90 Å². The van der Waals surface area contributed by atoms with Gasteiger partial charge in [0.1, 0.15) is 6.61 Å². The highest BCUT2D eigenvalue weighted by Gasteiger charge is 2.32. The second-order valence-corrected chi connectivity index (χ2v) is 7.00. The molecule has 0 radical (unpaired) electrons. The molecule has 4 rings (SSSR count). The Morgan fingerprint density at radius 1 is 1.04 bits per heavy atom. The average Bonchev–Trinajstić information content (AvgIpc) is 3.22. The van der Waals surface area contributed by atoms with Crippen LogP contribution < -0.4 is 0 Å². The highest BCUT2D eigenvalue weighted by atomic mass is 16.6. The van der Waals surface area contributed by atoms with Crippen LogP contribution in [0.2, 0.25) is 0 Å². The summed E-state index contributed by atoms with van der Waals surface area (Å²) in [6, 6.07) is 16.5. The number of amides is 1. The van der Waals surface area contributed by atoms with Gasteiger partial charge in [0.2, 0.25) is 0 Å². The first kappa shape index (κ1) is 16.6. The summed E-state index contributed by atoms with van der Waals surface area (Å²) in [5, 5.41) is 8.90. The van der Waals surface area contributed by atoms with Crippen LogP contribution in [0, 0.1) is 5.92 Å². The first-order chi connectivity index (χ1) is 12.6. The number of fused-ring (bicyclic) bond motifs is 3. The molecule has 0 bridgehead atoms. The van der Waals surface area contributed by atoms with Crippen molar-refractivity contribution in [3.8, 4) is 11.1 Å². The van der Waals surface area contributed by atoms with E-state index in [0.29, 0.717) is 19.7 Å². The van der Waals surface area contributed by atoms with E-state index in [4.69, 9.17) is 9.84 Å². The third-order valence-electron chi connectivity index (χ3n) is 5.34. The molecule has 0 unspecified atom stereocenters. The number of hydrogen-bond donors (Lipinski definition) is 1. The third kappa shape index (κ3) is 3.05. The maximum absolute atomic E-state index is 12.4. The topological polar surface area (TPSA) is 66.8 Å². The second kappa shape index (κ2) is 6.83. The molecule has 1 aliphatic carbocycles. The minimum atomic E-state index is -0.815. The molecule has 1 amide bonds. The maximum atomic E-state index is 12.4.